The average Bonchev–Trinajstić information content (AvgIpc) is 2.88. The molecule has 37 heavy (non-hydrogen) atoms. The summed E-state index contributed by atoms with van der Waals surface area (Å²) in [6, 6.07) is 19.6. The molecule has 4 rings (SSSR count). The summed E-state index contributed by atoms with van der Waals surface area (Å²) < 4.78 is 2.33. The molecule has 0 aliphatic carbocycles. The molecule has 0 amide bonds. The molecule has 9 heteroatoms. The lowest BCUT2D eigenvalue weighted by molar-refractivity contribution is 0.0697. The molecule has 1 heterocycles. The fraction of sp³-hybridized carbons (Fsp3) is 0.214. The third-order valence-corrected chi connectivity index (χ3v) is 6.61. The largest absolute Gasteiger partial charge is 0.478 e. The Balaban J connectivity index is 1.93. The molecule has 4 aromatic rings. The van der Waals surface area contributed by atoms with Gasteiger partial charge < -0.3 is 10.0 Å². The van der Waals surface area contributed by atoms with Crippen molar-refractivity contribution in [2.24, 2.45) is 0 Å². The average molecular weight is 519 g/mol. The van der Waals surface area contributed by atoms with Crippen molar-refractivity contribution in [3.8, 4) is 5.69 Å². The van der Waals surface area contributed by atoms with Crippen molar-refractivity contribution in [1.29, 1.82) is 0 Å². The molecule has 0 aliphatic heterocycles. The molecule has 0 spiro atoms. The topological polar surface area (TPSA) is 97.4 Å². The SMILES string of the molecule is CCN(Cc1ccccc1)c1nc(=O)n(Cc2ccc(C)c(C)c2)c(=O)n1-c1ccc(Cl)c(C(=O)O)c1. The number of benzene rings is 3. The maximum absolute atomic E-state index is 13.9. The van der Waals surface area contributed by atoms with E-state index in [-0.39, 0.29) is 28.8 Å². The fourth-order valence-electron chi connectivity index (χ4n) is 4.09. The van der Waals surface area contributed by atoms with Crippen LogP contribution in [0.25, 0.3) is 5.69 Å². The molecular weight excluding hydrogens is 492 g/mol. The van der Waals surface area contributed by atoms with E-state index in [4.69, 9.17) is 11.6 Å². The van der Waals surface area contributed by atoms with Crippen molar-refractivity contribution in [3.05, 3.63) is 121 Å². The third-order valence-electron chi connectivity index (χ3n) is 6.28. The van der Waals surface area contributed by atoms with Crippen LogP contribution in [0.4, 0.5) is 5.95 Å². The highest BCUT2D eigenvalue weighted by Gasteiger charge is 2.21. The Kier molecular flexibility index (Phi) is 7.59. The molecule has 0 unspecified atom stereocenters. The summed E-state index contributed by atoms with van der Waals surface area (Å²) in [7, 11) is 0. The molecule has 0 saturated heterocycles. The molecule has 3 aromatic carbocycles. The van der Waals surface area contributed by atoms with E-state index in [0.29, 0.717) is 13.1 Å². The molecule has 1 aromatic heterocycles. The van der Waals surface area contributed by atoms with Crippen molar-refractivity contribution in [1.82, 2.24) is 14.1 Å². The van der Waals surface area contributed by atoms with Gasteiger partial charge in [0, 0.05) is 13.1 Å². The van der Waals surface area contributed by atoms with Gasteiger partial charge in [-0.1, -0.05) is 60.1 Å². The zero-order valence-corrected chi connectivity index (χ0v) is 21.6. The number of carbonyl (C=O) groups is 1. The van der Waals surface area contributed by atoms with E-state index in [0.717, 1.165) is 26.8 Å². The number of rotatable bonds is 8. The summed E-state index contributed by atoms with van der Waals surface area (Å²) in [5.41, 5.74) is 2.66. The van der Waals surface area contributed by atoms with E-state index in [1.54, 1.807) is 11.0 Å². The summed E-state index contributed by atoms with van der Waals surface area (Å²) in [6.45, 7) is 6.71. The lowest BCUT2D eigenvalue weighted by Gasteiger charge is -2.25. The highest BCUT2D eigenvalue weighted by atomic mass is 35.5. The normalized spacial score (nSPS) is 10.9. The predicted molar refractivity (Wildman–Crippen MR) is 144 cm³/mol. The Labute approximate surface area is 219 Å². The zero-order chi connectivity index (χ0) is 26.7. The Hall–Kier alpha value is -4.17. The highest BCUT2D eigenvalue weighted by molar-refractivity contribution is 6.33. The number of aromatic carboxylic acids is 1. The summed E-state index contributed by atoms with van der Waals surface area (Å²) in [5, 5.41) is 9.66. The van der Waals surface area contributed by atoms with Crippen LogP contribution in [0, 0.1) is 13.8 Å². The van der Waals surface area contributed by atoms with Crippen LogP contribution in [0.15, 0.2) is 76.3 Å². The van der Waals surface area contributed by atoms with Gasteiger partial charge in [0.1, 0.15) is 0 Å². The van der Waals surface area contributed by atoms with E-state index in [1.165, 1.54) is 16.7 Å². The smallest absolute Gasteiger partial charge is 0.355 e. The lowest BCUT2D eigenvalue weighted by Crippen LogP contribution is -2.44. The first kappa shape index (κ1) is 25.9. The van der Waals surface area contributed by atoms with E-state index < -0.39 is 17.3 Å². The van der Waals surface area contributed by atoms with E-state index >= 15 is 0 Å². The Morgan fingerprint density at radius 1 is 0.973 bits per heavy atom. The summed E-state index contributed by atoms with van der Waals surface area (Å²) in [4.78, 5) is 45.0. The molecule has 0 aliphatic rings. The van der Waals surface area contributed by atoms with Gasteiger partial charge in [-0.3, -0.25) is 0 Å². The van der Waals surface area contributed by atoms with Crippen molar-refractivity contribution in [3.63, 3.8) is 0 Å². The second-order valence-electron chi connectivity index (χ2n) is 8.79. The Morgan fingerprint density at radius 3 is 2.35 bits per heavy atom. The van der Waals surface area contributed by atoms with Gasteiger partial charge in [-0.25, -0.2) is 23.5 Å². The van der Waals surface area contributed by atoms with Gasteiger partial charge in [-0.2, -0.15) is 4.98 Å². The van der Waals surface area contributed by atoms with E-state index in [1.807, 2.05) is 69.3 Å². The van der Waals surface area contributed by atoms with Crippen LogP contribution in [0.3, 0.4) is 0 Å². The molecule has 190 valence electrons. The number of carboxylic acid groups (broad SMARTS) is 1. The number of aryl methyl sites for hydroxylation is 2. The fourth-order valence-corrected chi connectivity index (χ4v) is 4.28. The Morgan fingerprint density at radius 2 is 1.70 bits per heavy atom. The van der Waals surface area contributed by atoms with Gasteiger partial charge in [-0.05, 0) is 61.2 Å². The number of anilines is 1. The third kappa shape index (κ3) is 5.49. The molecule has 8 nitrogen and oxygen atoms in total. The lowest BCUT2D eigenvalue weighted by atomic mass is 10.1. The summed E-state index contributed by atoms with van der Waals surface area (Å²) in [5.74, 6) is -1.11. The molecular formula is C28H27ClN4O4. The van der Waals surface area contributed by atoms with Gasteiger partial charge in [-0.15, -0.1) is 0 Å². The molecule has 0 fully saturated rings. The minimum absolute atomic E-state index is 0.0241. The van der Waals surface area contributed by atoms with Crippen LogP contribution < -0.4 is 16.3 Å². The molecule has 0 bridgehead atoms. The quantitative estimate of drug-likeness (QED) is 0.370. The maximum atomic E-state index is 13.9. The van der Waals surface area contributed by atoms with Crippen LogP contribution in [-0.4, -0.2) is 31.7 Å². The van der Waals surface area contributed by atoms with Gasteiger partial charge >= 0.3 is 17.3 Å². The number of hydrogen-bond acceptors (Lipinski definition) is 5. The first-order chi connectivity index (χ1) is 17.7. The van der Waals surface area contributed by atoms with Crippen LogP contribution in [-0.2, 0) is 13.1 Å². The summed E-state index contributed by atoms with van der Waals surface area (Å²) in [6.07, 6.45) is 0. The van der Waals surface area contributed by atoms with Gasteiger partial charge in [0.15, 0.2) is 0 Å². The molecule has 0 saturated carbocycles. The minimum atomic E-state index is -1.23. The van der Waals surface area contributed by atoms with Gasteiger partial charge in [0.25, 0.3) is 0 Å². The van der Waals surface area contributed by atoms with Crippen molar-refractivity contribution in [2.75, 3.05) is 11.4 Å². The van der Waals surface area contributed by atoms with Crippen LogP contribution in [0.2, 0.25) is 5.02 Å². The highest BCUT2D eigenvalue weighted by Crippen LogP contribution is 2.23. The number of nitrogens with zero attached hydrogens (tertiary/aromatic N) is 4. The monoisotopic (exact) mass is 518 g/mol. The predicted octanol–water partition coefficient (Wildman–Crippen LogP) is 4.44. The second-order valence-corrected chi connectivity index (χ2v) is 9.19. The first-order valence-electron chi connectivity index (χ1n) is 11.8. The molecule has 0 atom stereocenters. The molecule has 1 N–H and O–H groups in total. The van der Waals surface area contributed by atoms with Crippen molar-refractivity contribution < 1.29 is 9.90 Å². The van der Waals surface area contributed by atoms with Crippen LogP contribution >= 0.6 is 11.6 Å². The standard InChI is InChI=1S/C28H27ClN4O4/c1-4-31(16-20-8-6-5-7-9-20)26-30-27(36)32(17-21-11-10-18(2)19(3)14-21)28(37)33(26)22-12-13-24(29)23(15-22)25(34)35/h5-15H,4,16-17H2,1-3H3,(H,34,35). The maximum Gasteiger partial charge on any atom is 0.355 e. The molecule has 0 radical (unpaired) electrons. The first-order valence-corrected chi connectivity index (χ1v) is 12.2. The Bertz CT molecular complexity index is 1580. The van der Waals surface area contributed by atoms with Crippen LogP contribution in [0.5, 0.6) is 0 Å². The van der Waals surface area contributed by atoms with Crippen molar-refractivity contribution in [2.45, 2.75) is 33.9 Å². The van der Waals surface area contributed by atoms with E-state index in [9.17, 15) is 19.5 Å². The number of carboxylic acids is 1. The van der Waals surface area contributed by atoms with Gasteiger partial charge in [0.2, 0.25) is 5.95 Å². The minimum Gasteiger partial charge on any atom is -0.478 e. The van der Waals surface area contributed by atoms with Crippen molar-refractivity contribution >= 4 is 23.5 Å². The zero-order valence-electron chi connectivity index (χ0n) is 20.8. The second kappa shape index (κ2) is 10.8. The van der Waals surface area contributed by atoms with E-state index in [2.05, 4.69) is 4.98 Å². The number of aromatic nitrogens is 3. The van der Waals surface area contributed by atoms with Gasteiger partial charge in [0.05, 0.1) is 22.8 Å². The summed E-state index contributed by atoms with van der Waals surface area (Å²) >= 11 is 6.10. The van der Waals surface area contributed by atoms with Crippen LogP contribution in [0.1, 0.15) is 39.5 Å². The number of halogens is 1. The number of hydrogen-bond donors (Lipinski definition) is 1.